The van der Waals surface area contributed by atoms with E-state index in [1.807, 2.05) is 6.07 Å². The molecule has 0 amide bonds. The minimum atomic E-state index is 0.688. The highest BCUT2D eigenvalue weighted by Crippen LogP contribution is 2.30. The molecule has 0 unspecified atom stereocenters. The first-order valence-electron chi connectivity index (χ1n) is 7.37. The number of ether oxygens (including phenoxy) is 1. The third-order valence-electron chi connectivity index (χ3n) is 3.71. The van der Waals surface area contributed by atoms with Gasteiger partial charge in [-0.1, -0.05) is 36.4 Å². The van der Waals surface area contributed by atoms with Gasteiger partial charge in [-0.05, 0) is 60.5 Å². The molecule has 0 atom stereocenters. The quantitative estimate of drug-likeness (QED) is 0.867. The molecule has 2 nitrogen and oxygen atoms in total. The lowest BCUT2D eigenvalue weighted by Gasteiger charge is -2.09. The summed E-state index contributed by atoms with van der Waals surface area (Å²) in [5.41, 5.74) is 9.35. The second-order valence-electron chi connectivity index (χ2n) is 5.52. The van der Waals surface area contributed by atoms with Crippen molar-refractivity contribution >= 4 is 0 Å². The fraction of sp³-hybridized carbons (Fsp3) is 0.333. The lowest BCUT2D eigenvalue weighted by molar-refractivity contribution is 0.300. The molecule has 2 aromatic rings. The summed E-state index contributed by atoms with van der Waals surface area (Å²) in [5, 5.41) is 0. The van der Waals surface area contributed by atoms with Gasteiger partial charge in [-0.3, -0.25) is 0 Å². The van der Waals surface area contributed by atoms with Gasteiger partial charge in [-0.25, -0.2) is 0 Å². The summed E-state index contributed by atoms with van der Waals surface area (Å²) < 4.78 is 5.85. The van der Waals surface area contributed by atoms with Crippen molar-refractivity contribution in [2.24, 2.45) is 11.7 Å². The largest absolute Gasteiger partial charge is 0.493 e. The average molecular weight is 267 g/mol. The van der Waals surface area contributed by atoms with Crippen LogP contribution in [0.15, 0.2) is 48.5 Å². The van der Waals surface area contributed by atoms with E-state index in [1.54, 1.807) is 0 Å². The van der Waals surface area contributed by atoms with Crippen molar-refractivity contribution in [1.82, 2.24) is 0 Å². The smallest absolute Gasteiger partial charge is 0.119 e. The van der Waals surface area contributed by atoms with Gasteiger partial charge in [-0.2, -0.15) is 0 Å². The third-order valence-corrected chi connectivity index (χ3v) is 3.71. The van der Waals surface area contributed by atoms with E-state index in [1.165, 1.54) is 29.5 Å². The maximum Gasteiger partial charge on any atom is 0.119 e. The van der Waals surface area contributed by atoms with Gasteiger partial charge in [0.1, 0.15) is 5.75 Å². The number of hydrogen-bond acceptors (Lipinski definition) is 2. The van der Waals surface area contributed by atoms with Gasteiger partial charge in [0, 0.05) is 0 Å². The fourth-order valence-electron chi connectivity index (χ4n) is 2.34. The summed E-state index contributed by atoms with van der Waals surface area (Å²) in [6.45, 7) is 1.55. The topological polar surface area (TPSA) is 35.2 Å². The van der Waals surface area contributed by atoms with Gasteiger partial charge < -0.3 is 10.5 Å². The molecule has 3 rings (SSSR count). The van der Waals surface area contributed by atoms with Crippen molar-refractivity contribution < 1.29 is 4.74 Å². The molecule has 0 radical (unpaired) electrons. The second kappa shape index (κ2) is 6.10. The highest BCUT2D eigenvalue weighted by molar-refractivity contribution is 5.65. The Hall–Kier alpha value is -1.80. The minimum absolute atomic E-state index is 0.688. The maximum atomic E-state index is 5.85. The van der Waals surface area contributed by atoms with E-state index in [4.69, 9.17) is 10.5 Å². The van der Waals surface area contributed by atoms with Crippen LogP contribution in [-0.2, 0) is 6.42 Å². The standard InChI is InChI=1S/C18H21NO/c19-10-9-14-3-1-4-16(11-14)17-5-2-6-18(12-17)20-13-15-7-8-15/h1-6,11-12,15H,7-10,13,19H2. The van der Waals surface area contributed by atoms with Gasteiger partial charge in [-0.15, -0.1) is 0 Å². The minimum Gasteiger partial charge on any atom is -0.493 e. The van der Waals surface area contributed by atoms with Crippen LogP contribution in [0.5, 0.6) is 5.75 Å². The third kappa shape index (κ3) is 3.40. The van der Waals surface area contributed by atoms with Crippen LogP contribution in [-0.4, -0.2) is 13.2 Å². The van der Waals surface area contributed by atoms with Crippen LogP contribution < -0.4 is 10.5 Å². The zero-order valence-electron chi connectivity index (χ0n) is 11.7. The Bertz CT molecular complexity index is 575. The Morgan fingerprint density at radius 2 is 1.75 bits per heavy atom. The van der Waals surface area contributed by atoms with E-state index in [0.717, 1.165) is 24.7 Å². The monoisotopic (exact) mass is 267 g/mol. The van der Waals surface area contributed by atoms with Gasteiger partial charge in [0.15, 0.2) is 0 Å². The van der Waals surface area contributed by atoms with E-state index in [9.17, 15) is 0 Å². The number of hydrogen-bond donors (Lipinski definition) is 1. The molecule has 1 fully saturated rings. The average Bonchev–Trinajstić information content (AvgIpc) is 3.30. The van der Waals surface area contributed by atoms with E-state index in [0.29, 0.717) is 6.54 Å². The van der Waals surface area contributed by atoms with E-state index >= 15 is 0 Å². The summed E-state index contributed by atoms with van der Waals surface area (Å²) in [6.07, 6.45) is 3.56. The summed E-state index contributed by atoms with van der Waals surface area (Å²) in [4.78, 5) is 0. The van der Waals surface area contributed by atoms with Crippen molar-refractivity contribution in [3.63, 3.8) is 0 Å². The molecule has 1 aliphatic rings. The van der Waals surface area contributed by atoms with Crippen LogP contribution in [0.25, 0.3) is 11.1 Å². The van der Waals surface area contributed by atoms with E-state index < -0.39 is 0 Å². The molecule has 0 bridgehead atoms. The summed E-state index contributed by atoms with van der Waals surface area (Å²) >= 11 is 0. The number of rotatable bonds is 6. The lowest BCUT2D eigenvalue weighted by Crippen LogP contribution is -2.02. The summed E-state index contributed by atoms with van der Waals surface area (Å²) in [7, 11) is 0. The first-order valence-corrected chi connectivity index (χ1v) is 7.37. The van der Waals surface area contributed by atoms with Crippen molar-refractivity contribution in [2.75, 3.05) is 13.2 Å². The normalized spacial score (nSPS) is 14.2. The Morgan fingerprint density at radius 1 is 1.00 bits per heavy atom. The molecule has 2 aromatic carbocycles. The van der Waals surface area contributed by atoms with Crippen LogP contribution in [0.4, 0.5) is 0 Å². The Labute approximate surface area is 120 Å². The molecule has 2 heteroatoms. The molecule has 1 aliphatic carbocycles. The van der Waals surface area contributed by atoms with Crippen molar-refractivity contribution in [3.8, 4) is 16.9 Å². The molecular weight excluding hydrogens is 246 g/mol. The highest BCUT2D eigenvalue weighted by Gasteiger charge is 2.21. The molecule has 104 valence electrons. The lowest BCUT2D eigenvalue weighted by atomic mass is 10.0. The Kier molecular flexibility index (Phi) is 4.03. The van der Waals surface area contributed by atoms with Crippen molar-refractivity contribution in [2.45, 2.75) is 19.3 Å². The molecular formula is C18H21NO. The Balaban J connectivity index is 1.77. The maximum absolute atomic E-state index is 5.85. The van der Waals surface area contributed by atoms with Gasteiger partial charge in [0.2, 0.25) is 0 Å². The molecule has 0 heterocycles. The summed E-state index contributed by atoms with van der Waals surface area (Å²) in [6, 6.07) is 16.9. The number of nitrogens with two attached hydrogens (primary N) is 1. The van der Waals surface area contributed by atoms with Crippen LogP contribution in [0.1, 0.15) is 18.4 Å². The van der Waals surface area contributed by atoms with E-state index in [2.05, 4.69) is 42.5 Å². The van der Waals surface area contributed by atoms with Gasteiger partial charge in [0.25, 0.3) is 0 Å². The van der Waals surface area contributed by atoms with E-state index in [-0.39, 0.29) is 0 Å². The van der Waals surface area contributed by atoms with Crippen LogP contribution in [0.2, 0.25) is 0 Å². The first-order chi connectivity index (χ1) is 9.85. The first kappa shape index (κ1) is 13.2. The predicted molar refractivity (Wildman–Crippen MR) is 82.9 cm³/mol. The SMILES string of the molecule is NCCc1cccc(-c2cccc(OCC3CC3)c2)c1. The molecule has 0 saturated heterocycles. The van der Waals surface area contributed by atoms with Gasteiger partial charge in [0.05, 0.1) is 6.61 Å². The highest BCUT2D eigenvalue weighted by atomic mass is 16.5. The molecule has 1 saturated carbocycles. The Morgan fingerprint density at radius 3 is 2.50 bits per heavy atom. The zero-order chi connectivity index (χ0) is 13.8. The predicted octanol–water partition coefficient (Wildman–Crippen LogP) is 3.64. The molecule has 0 spiro atoms. The molecule has 0 aliphatic heterocycles. The van der Waals surface area contributed by atoms with Crippen LogP contribution in [0.3, 0.4) is 0 Å². The van der Waals surface area contributed by atoms with Crippen LogP contribution >= 0.6 is 0 Å². The number of benzene rings is 2. The zero-order valence-corrected chi connectivity index (χ0v) is 11.7. The van der Waals surface area contributed by atoms with Crippen molar-refractivity contribution in [1.29, 1.82) is 0 Å². The molecule has 0 aromatic heterocycles. The van der Waals surface area contributed by atoms with Gasteiger partial charge >= 0.3 is 0 Å². The molecule has 20 heavy (non-hydrogen) atoms. The van der Waals surface area contributed by atoms with Crippen LogP contribution in [0, 0.1) is 5.92 Å². The second-order valence-corrected chi connectivity index (χ2v) is 5.52. The molecule has 2 N–H and O–H groups in total. The fourth-order valence-corrected chi connectivity index (χ4v) is 2.34. The summed E-state index contributed by atoms with van der Waals surface area (Å²) in [5.74, 6) is 1.75. The van der Waals surface area contributed by atoms with Crippen molar-refractivity contribution in [3.05, 3.63) is 54.1 Å².